The van der Waals surface area contributed by atoms with Gasteiger partial charge in [-0.2, -0.15) is 4.40 Å². The van der Waals surface area contributed by atoms with Crippen LogP contribution >= 0.6 is 11.6 Å². The van der Waals surface area contributed by atoms with Crippen molar-refractivity contribution in [3.05, 3.63) is 28.8 Å². The van der Waals surface area contributed by atoms with Gasteiger partial charge in [0.1, 0.15) is 16.7 Å². The van der Waals surface area contributed by atoms with Gasteiger partial charge in [-0.3, -0.25) is 0 Å². The zero-order valence-corrected chi connectivity index (χ0v) is 12.3. The molecule has 0 radical (unpaired) electrons. The Hall–Kier alpha value is -0.870. The van der Waals surface area contributed by atoms with Gasteiger partial charge in [0.05, 0.1) is 17.1 Å². The van der Waals surface area contributed by atoms with Gasteiger partial charge in [-0.05, 0) is 39.0 Å². The fourth-order valence-corrected chi connectivity index (χ4v) is 2.41. The largest absolute Gasteiger partial charge is 0.492 e. The molecule has 1 aromatic carbocycles. The average molecular weight is 286 g/mol. The number of rotatable bonds is 1. The van der Waals surface area contributed by atoms with Crippen LogP contribution in [0.1, 0.15) is 32.8 Å². The summed E-state index contributed by atoms with van der Waals surface area (Å²) in [5.74, 6) is 0.760. The summed E-state index contributed by atoms with van der Waals surface area (Å²) < 4.78 is 21.6. The summed E-state index contributed by atoms with van der Waals surface area (Å²) in [6.07, 6.45) is 0.662. The molecule has 0 saturated heterocycles. The Morgan fingerprint density at radius 2 is 2.11 bits per heavy atom. The first-order valence-electron chi connectivity index (χ1n) is 5.80. The minimum Gasteiger partial charge on any atom is -0.492 e. The Balaban J connectivity index is 2.41. The maximum Gasteiger partial charge on any atom is 0.145 e. The second kappa shape index (κ2) is 5.02. The molecular formula is C13H16ClNO2S. The van der Waals surface area contributed by atoms with Crippen molar-refractivity contribution in [2.45, 2.75) is 31.9 Å². The Morgan fingerprint density at radius 1 is 1.39 bits per heavy atom. The van der Waals surface area contributed by atoms with Crippen LogP contribution in [0.5, 0.6) is 5.75 Å². The summed E-state index contributed by atoms with van der Waals surface area (Å²) in [7, 11) is -1.26. The lowest BCUT2D eigenvalue weighted by Crippen LogP contribution is -2.23. The molecule has 0 aliphatic carbocycles. The zero-order chi connectivity index (χ0) is 13.3. The topological polar surface area (TPSA) is 38.7 Å². The second-order valence-electron chi connectivity index (χ2n) is 5.14. The predicted octanol–water partition coefficient (Wildman–Crippen LogP) is 3.37. The van der Waals surface area contributed by atoms with Crippen molar-refractivity contribution < 1.29 is 8.95 Å². The molecule has 0 unspecified atom stereocenters. The molecule has 1 aromatic rings. The summed E-state index contributed by atoms with van der Waals surface area (Å²) in [4.78, 5) is 0. The van der Waals surface area contributed by atoms with Gasteiger partial charge in [-0.15, -0.1) is 0 Å². The maximum absolute atomic E-state index is 12.1. The van der Waals surface area contributed by atoms with Crippen LogP contribution in [0.15, 0.2) is 22.6 Å². The Bertz CT molecular complexity index is 520. The number of hydrogen-bond donors (Lipinski definition) is 0. The molecule has 5 heteroatoms. The van der Waals surface area contributed by atoms with Gasteiger partial charge in [-0.1, -0.05) is 11.6 Å². The van der Waals surface area contributed by atoms with Crippen molar-refractivity contribution in [3.8, 4) is 5.75 Å². The first kappa shape index (κ1) is 13.6. The number of ether oxygens (including phenoxy) is 1. The molecule has 0 fully saturated rings. The molecule has 0 bridgehead atoms. The van der Waals surface area contributed by atoms with Crippen molar-refractivity contribution in [1.29, 1.82) is 0 Å². The molecular weight excluding hydrogens is 270 g/mol. The van der Waals surface area contributed by atoms with Crippen LogP contribution in [0.4, 0.5) is 0 Å². The third kappa shape index (κ3) is 2.93. The first-order chi connectivity index (χ1) is 8.38. The van der Waals surface area contributed by atoms with Crippen molar-refractivity contribution >= 4 is 28.3 Å². The van der Waals surface area contributed by atoms with Crippen LogP contribution in [0.3, 0.4) is 0 Å². The fourth-order valence-electron chi connectivity index (χ4n) is 1.58. The van der Waals surface area contributed by atoms with E-state index in [0.29, 0.717) is 18.1 Å². The Kier molecular flexibility index (Phi) is 3.78. The Labute approximate surface area is 115 Å². The molecule has 3 nitrogen and oxygen atoms in total. The van der Waals surface area contributed by atoms with Gasteiger partial charge in [0, 0.05) is 17.0 Å². The Morgan fingerprint density at radius 3 is 2.78 bits per heavy atom. The molecule has 1 aliphatic rings. The van der Waals surface area contributed by atoms with Crippen LogP contribution < -0.4 is 4.74 Å². The van der Waals surface area contributed by atoms with E-state index in [9.17, 15) is 4.21 Å². The molecule has 0 saturated carbocycles. The van der Waals surface area contributed by atoms with Crippen LogP contribution in [0.2, 0.25) is 5.02 Å². The standard InChI is InChI=1S/C13H16ClNO2S/c1-13(2,3)18(16)15-11-6-7-17-12-5-4-9(14)8-10(11)12/h4-5,8H,6-7H2,1-3H3/t18-/m1/s1. The molecule has 0 spiro atoms. The third-order valence-corrected chi connectivity index (χ3v) is 4.23. The van der Waals surface area contributed by atoms with Gasteiger partial charge < -0.3 is 4.74 Å². The summed E-state index contributed by atoms with van der Waals surface area (Å²) in [5.41, 5.74) is 1.67. The lowest BCUT2D eigenvalue weighted by Gasteiger charge is -2.21. The molecule has 1 aliphatic heterocycles. The number of fused-ring (bicyclic) bond motifs is 1. The average Bonchev–Trinajstić information content (AvgIpc) is 2.28. The van der Waals surface area contributed by atoms with Gasteiger partial charge in [0.15, 0.2) is 0 Å². The minimum atomic E-state index is -1.26. The van der Waals surface area contributed by atoms with Crippen molar-refractivity contribution in [1.82, 2.24) is 0 Å². The summed E-state index contributed by atoms with van der Waals surface area (Å²) in [6, 6.07) is 5.42. The molecule has 1 atom stereocenters. The van der Waals surface area contributed by atoms with E-state index in [1.54, 1.807) is 6.07 Å². The summed E-state index contributed by atoms with van der Waals surface area (Å²) in [6.45, 7) is 6.29. The summed E-state index contributed by atoms with van der Waals surface area (Å²) in [5, 5.41) is 0.633. The number of nitrogens with zero attached hydrogens (tertiary/aromatic N) is 1. The van der Waals surface area contributed by atoms with E-state index in [4.69, 9.17) is 16.3 Å². The molecule has 0 aromatic heterocycles. The lowest BCUT2D eigenvalue weighted by molar-refractivity contribution is 0.320. The number of hydrogen-bond acceptors (Lipinski definition) is 2. The van der Waals surface area contributed by atoms with Gasteiger partial charge in [0.2, 0.25) is 0 Å². The van der Waals surface area contributed by atoms with Gasteiger partial charge >= 0.3 is 0 Å². The van der Waals surface area contributed by atoms with Gasteiger partial charge in [0.25, 0.3) is 0 Å². The fraction of sp³-hybridized carbons (Fsp3) is 0.462. The lowest BCUT2D eigenvalue weighted by atomic mass is 10.0. The minimum absolute atomic E-state index is 0.357. The predicted molar refractivity (Wildman–Crippen MR) is 76.0 cm³/mol. The van der Waals surface area contributed by atoms with Crippen molar-refractivity contribution in [2.75, 3.05) is 6.61 Å². The van der Waals surface area contributed by atoms with Crippen LogP contribution in [0.25, 0.3) is 0 Å². The van der Waals surface area contributed by atoms with E-state index >= 15 is 0 Å². The van der Waals surface area contributed by atoms with E-state index in [1.165, 1.54) is 0 Å². The quantitative estimate of drug-likeness (QED) is 0.793. The molecule has 0 amide bonds. The second-order valence-corrected chi connectivity index (χ2v) is 7.48. The highest BCUT2D eigenvalue weighted by molar-refractivity contribution is 7.85. The van der Waals surface area contributed by atoms with E-state index in [2.05, 4.69) is 4.40 Å². The zero-order valence-electron chi connectivity index (χ0n) is 10.7. The molecule has 1 heterocycles. The molecule has 98 valence electrons. The molecule has 2 rings (SSSR count). The van der Waals surface area contributed by atoms with Crippen LogP contribution in [0, 0.1) is 0 Å². The van der Waals surface area contributed by atoms with Gasteiger partial charge in [-0.25, -0.2) is 4.21 Å². The normalized spacial score (nSPS) is 19.2. The third-order valence-electron chi connectivity index (χ3n) is 2.57. The maximum atomic E-state index is 12.1. The first-order valence-corrected chi connectivity index (χ1v) is 7.29. The van der Waals surface area contributed by atoms with Crippen LogP contribution in [-0.4, -0.2) is 21.3 Å². The van der Waals surface area contributed by atoms with Crippen LogP contribution in [-0.2, 0) is 11.0 Å². The van der Waals surface area contributed by atoms with Crippen molar-refractivity contribution in [2.24, 2.45) is 4.40 Å². The van der Waals surface area contributed by atoms with E-state index in [1.807, 2.05) is 32.9 Å². The van der Waals surface area contributed by atoms with E-state index < -0.39 is 11.0 Å². The molecule has 0 N–H and O–H groups in total. The van der Waals surface area contributed by atoms with E-state index in [0.717, 1.165) is 17.0 Å². The highest BCUT2D eigenvalue weighted by Crippen LogP contribution is 2.29. The monoisotopic (exact) mass is 285 g/mol. The molecule has 18 heavy (non-hydrogen) atoms. The number of halogens is 1. The number of benzene rings is 1. The van der Waals surface area contributed by atoms with Crippen molar-refractivity contribution in [3.63, 3.8) is 0 Å². The summed E-state index contributed by atoms with van der Waals surface area (Å²) >= 11 is 5.98. The highest BCUT2D eigenvalue weighted by Gasteiger charge is 2.23. The smallest absolute Gasteiger partial charge is 0.145 e. The van der Waals surface area contributed by atoms with E-state index in [-0.39, 0.29) is 4.75 Å². The highest BCUT2D eigenvalue weighted by atomic mass is 35.5. The SMILES string of the molecule is CC(C)(C)[S@@](=O)N=C1CCOc2ccc(Cl)cc21.